The van der Waals surface area contributed by atoms with Crippen molar-refractivity contribution in [2.75, 3.05) is 16.8 Å². The van der Waals surface area contributed by atoms with Crippen LogP contribution in [-0.4, -0.2) is 28.6 Å². The Kier molecular flexibility index (Phi) is 4.02. The van der Waals surface area contributed by atoms with Crippen molar-refractivity contribution >= 4 is 34.0 Å². The molecule has 2 amide bonds. The number of amides is 2. The highest BCUT2D eigenvalue weighted by Crippen LogP contribution is 2.42. The van der Waals surface area contributed by atoms with Crippen molar-refractivity contribution in [3.05, 3.63) is 34.8 Å². The van der Waals surface area contributed by atoms with Crippen LogP contribution >= 0.6 is 11.3 Å². The van der Waals surface area contributed by atoms with Gasteiger partial charge in [0.15, 0.2) is 0 Å². The summed E-state index contributed by atoms with van der Waals surface area (Å²) in [6, 6.07) is 7.61. The number of aromatic nitrogens is 2. The van der Waals surface area contributed by atoms with Gasteiger partial charge < -0.3 is 10.2 Å². The van der Waals surface area contributed by atoms with Crippen molar-refractivity contribution < 1.29 is 9.59 Å². The molecule has 1 saturated heterocycles. The molecule has 2 aliphatic rings. The van der Waals surface area contributed by atoms with E-state index in [1.54, 1.807) is 4.90 Å². The van der Waals surface area contributed by atoms with Crippen molar-refractivity contribution in [2.45, 2.75) is 38.0 Å². The zero-order valence-corrected chi connectivity index (χ0v) is 14.0. The maximum Gasteiger partial charge on any atom is 0.230 e. The van der Waals surface area contributed by atoms with E-state index in [0.717, 1.165) is 29.2 Å². The fourth-order valence-electron chi connectivity index (χ4n) is 2.84. The zero-order valence-electron chi connectivity index (χ0n) is 13.2. The van der Waals surface area contributed by atoms with Gasteiger partial charge in [0.1, 0.15) is 5.01 Å². The second-order valence-corrected chi connectivity index (χ2v) is 7.27. The molecule has 2 aromatic rings. The predicted octanol–water partition coefficient (Wildman–Crippen LogP) is 2.72. The van der Waals surface area contributed by atoms with Crippen LogP contribution in [0.15, 0.2) is 24.3 Å². The standard InChI is InChI=1S/C17H18N4O2S/c22-14(18-17-20-19-16(24-17)12-5-6-12)10-11-3-7-13(8-4-11)21-9-1-2-15(21)23/h3-4,7-8,12H,1-2,5-6,9-10H2,(H,18,20,22). The SMILES string of the molecule is O=C(Cc1ccc(N2CCCC2=O)cc1)Nc1nnc(C2CC2)s1. The normalized spacial score (nSPS) is 17.3. The van der Waals surface area contributed by atoms with Crippen molar-refractivity contribution in [3.8, 4) is 0 Å². The Morgan fingerprint density at radius 3 is 2.71 bits per heavy atom. The van der Waals surface area contributed by atoms with Crippen LogP contribution in [0.2, 0.25) is 0 Å². The van der Waals surface area contributed by atoms with Gasteiger partial charge in [-0.15, -0.1) is 10.2 Å². The number of hydrogen-bond acceptors (Lipinski definition) is 5. The van der Waals surface area contributed by atoms with Crippen LogP contribution < -0.4 is 10.2 Å². The monoisotopic (exact) mass is 342 g/mol. The minimum absolute atomic E-state index is 0.0986. The Labute approximate surface area is 143 Å². The first-order valence-corrected chi connectivity index (χ1v) is 9.03. The van der Waals surface area contributed by atoms with E-state index < -0.39 is 0 Å². The number of rotatable bonds is 5. The fraction of sp³-hybridized carbons (Fsp3) is 0.412. The number of carbonyl (C=O) groups is 2. The van der Waals surface area contributed by atoms with Crippen molar-refractivity contribution in [2.24, 2.45) is 0 Å². The van der Waals surface area contributed by atoms with Crippen molar-refractivity contribution in [1.82, 2.24) is 10.2 Å². The highest BCUT2D eigenvalue weighted by atomic mass is 32.1. The molecule has 1 aromatic heterocycles. The second kappa shape index (κ2) is 6.32. The third-order valence-electron chi connectivity index (χ3n) is 4.30. The van der Waals surface area contributed by atoms with Gasteiger partial charge in [-0.25, -0.2) is 0 Å². The van der Waals surface area contributed by atoms with E-state index in [1.807, 2.05) is 24.3 Å². The van der Waals surface area contributed by atoms with Gasteiger partial charge in [-0.2, -0.15) is 0 Å². The Hall–Kier alpha value is -2.28. The molecule has 0 radical (unpaired) electrons. The summed E-state index contributed by atoms with van der Waals surface area (Å²) in [4.78, 5) is 25.7. The van der Waals surface area contributed by atoms with E-state index in [0.29, 0.717) is 17.5 Å². The molecule has 0 atom stereocenters. The molecule has 1 aliphatic carbocycles. The van der Waals surface area contributed by atoms with Gasteiger partial charge in [-0.05, 0) is 37.0 Å². The van der Waals surface area contributed by atoms with Gasteiger partial charge >= 0.3 is 0 Å². The molecular formula is C17H18N4O2S. The van der Waals surface area contributed by atoms with Crippen molar-refractivity contribution in [1.29, 1.82) is 0 Å². The van der Waals surface area contributed by atoms with E-state index in [-0.39, 0.29) is 18.2 Å². The lowest BCUT2D eigenvalue weighted by Crippen LogP contribution is -2.23. The van der Waals surface area contributed by atoms with Crippen LogP contribution in [-0.2, 0) is 16.0 Å². The van der Waals surface area contributed by atoms with Crippen molar-refractivity contribution in [3.63, 3.8) is 0 Å². The molecule has 24 heavy (non-hydrogen) atoms. The third-order valence-corrected chi connectivity index (χ3v) is 5.30. The number of nitrogens with zero attached hydrogens (tertiary/aromatic N) is 3. The first kappa shape index (κ1) is 15.3. The molecule has 0 bridgehead atoms. The molecule has 2 fully saturated rings. The molecule has 124 valence electrons. The molecule has 1 saturated carbocycles. The maximum atomic E-state index is 12.1. The first-order valence-electron chi connectivity index (χ1n) is 8.21. The number of nitrogens with one attached hydrogen (secondary N) is 1. The Morgan fingerprint density at radius 2 is 2.04 bits per heavy atom. The summed E-state index contributed by atoms with van der Waals surface area (Å²) >= 11 is 1.46. The average Bonchev–Trinajstić information content (AvgIpc) is 3.18. The quantitative estimate of drug-likeness (QED) is 0.906. The van der Waals surface area contributed by atoms with Gasteiger partial charge in [-0.1, -0.05) is 23.5 Å². The molecule has 7 heteroatoms. The summed E-state index contributed by atoms with van der Waals surface area (Å²) in [5, 5.41) is 12.5. The molecular weight excluding hydrogens is 324 g/mol. The molecule has 4 rings (SSSR count). The molecule has 1 N–H and O–H groups in total. The minimum Gasteiger partial charge on any atom is -0.312 e. The van der Waals surface area contributed by atoms with Crippen LogP contribution in [0.3, 0.4) is 0 Å². The Balaban J connectivity index is 1.35. The third kappa shape index (κ3) is 3.31. The summed E-state index contributed by atoms with van der Waals surface area (Å²) in [6.45, 7) is 0.777. The molecule has 1 aliphatic heterocycles. The summed E-state index contributed by atoms with van der Waals surface area (Å²) < 4.78 is 0. The summed E-state index contributed by atoms with van der Waals surface area (Å²) in [5.74, 6) is 0.621. The average molecular weight is 342 g/mol. The topological polar surface area (TPSA) is 75.2 Å². The molecule has 0 unspecified atom stereocenters. The van der Waals surface area contributed by atoms with Gasteiger partial charge in [-0.3, -0.25) is 9.59 Å². The lowest BCUT2D eigenvalue weighted by molar-refractivity contribution is -0.117. The number of benzene rings is 1. The van der Waals surface area contributed by atoms with Crippen LogP contribution in [0.25, 0.3) is 0 Å². The second-order valence-electron chi connectivity index (χ2n) is 6.26. The first-order chi connectivity index (χ1) is 11.7. The molecule has 6 nitrogen and oxygen atoms in total. The van der Waals surface area contributed by atoms with Crippen LogP contribution in [0.4, 0.5) is 10.8 Å². The van der Waals surface area contributed by atoms with E-state index in [1.165, 1.54) is 24.2 Å². The lowest BCUT2D eigenvalue weighted by atomic mass is 10.1. The maximum absolute atomic E-state index is 12.1. The largest absolute Gasteiger partial charge is 0.312 e. The zero-order chi connectivity index (χ0) is 16.5. The molecule has 2 heterocycles. The summed E-state index contributed by atoms with van der Waals surface area (Å²) in [7, 11) is 0. The van der Waals surface area contributed by atoms with E-state index in [4.69, 9.17) is 0 Å². The minimum atomic E-state index is -0.0986. The van der Waals surface area contributed by atoms with Gasteiger partial charge in [0.25, 0.3) is 0 Å². The number of anilines is 2. The fourth-order valence-corrected chi connectivity index (χ4v) is 3.77. The highest BCUT2D eigenvalue weighted by molar-refractivity contribution is 7.15. The summed E-state index contributed by atoms with van der Waals surface area (Å²) in [5.41, 5.74) is 1.81. The van der Waals surface area contributed by atoms with Crippen LogP contribution in [0, 0.1) is 0 Å². The van der Waals surface area contributed by atoms with E-state index in [9.17, 15) is 9.59 Å². The summed E-state index contributed by atoms with van der Waals surface area (Å²) in [6.07, 6.45) is 4.16. The Bertz CT molecular complexity index is 767. The van der Waals surface area contributed by atoms with E-state index in [2.05, 4.69) is 15.5 Å². The number of carbonyl (C=O) groups excluding carboxylic acids is 2. The highest BCUT2D eigenvalue weighted by Gasteiger charge is 2.27. The van der Waals surface area contributed by atoms with Crippen LogP contribution in [0.1, 0.15) is 42.2 Å². The van der Waals surface area contributed by atoms with Gasteiger partial charge in [0, 0.05) is 24.6 Å². The predicted molar refractivity (Wildman–Crippen MR) is 92.2 cm³/mol. The van der Waals surface area contributed by atoms with Crippen LogP contribution in [0.5, 0.6) is 0 Å². The Morgan fingerprint density at radius 1 is 1.25 bits per heavy atom. The van der Waals surface area contributed by atoms with E-state index >= 15 is 0 Å². The molecule has 0 spiro atoms. The lowest BCUT2D eigenvalue weighted by Gasteiger charge is -2.15. The van der Waals surface area contributed by atoms with Gasteiger partial charge in [0.05, 0.1) is 6.42 Å². The smallest absolute Gasteiger partial charge is 0.230 e. The van der Waals surface area contributed by atoms with Gasteiger partial charge in [0.2, 0.25) is 16.9 Å². The number of hydrogen-bond donors (Lipinski definition) is 1. The molecule has 1 aromatic carbocycles.